The molecule has 1 rings (SSSR count). The molecule has 1 aromatic rings. The predicted octanol–water partition coefficient (Wildman–Crippen LogP) is 0.850. The Labute approximate surface area is 70.5 Å². The standard InChI is InChI=1S/C8H10N2O2/c1-4-7-9-5-6(10(7)2)8(11)12-3/h4-5H,1H2,2-3H3. The lowest BCUT2D eigenvalue weighted by atomic mass is 10.5. The van der Waals surface area contributed by atoms with Crippen molar-refractivity contribution in [3.05, 3.63) is 24.3 Å². The van der Waals surface area contributed by atoms with Crippen molar-refractivity contribution >= 4 is 12.0 Å². The number of hydrogen-bond donors (Lipinski definition) is 0. The normalized spacial score (nSPS) is 9.50. The highest BCUT2D eigenvalue weighted by molar-refractivity contribution is 5.87. The Morgan fingerprint density at radius 2 is 2.50 bits per heavy atom. The molecule has 0 bridgehead atoms. The number of carbonyl (C=O) groups is 1. The number of methoxy groups -OCH3 is 1. The van der Waals surface area contributed by atoms with Crippen LogP contribution in [0.15, 0.2) is 12.8 Å². The molecule has 0 spiro atoms. The topological polar surface area (TPSA) is 44.1 Å². The Morgan fingerprint density at radius 1 is 1.83 bits per heavy atom. The monoisotopic (exact) mass is 166 g/mol. The second-order valence-electron chi connectivity index (χ2n) is 2.26. The first-order valence-electron chi connectivity index (χ1n) is 3.43. The van der Waals surface area contributed by atoms with Crippen LogP contribution in [-0.4, -0.2) is 22.6 Å². The molecule has 0 aromatic carbocycles. The number of hydrogen-bond acceptors (Lipinski definition) is 3. The molecule has 0 N–H and O–H groups in total. The van der Waals surface area contributed by atoms with Gasteiger partial charge in [-0.2, -0.15) is 0 Å². The van der Waals surface area contributed by atoms with Crippen molar-refractivity contribution in [1.29, 1.82) is 0 Å². The smallest absolute Gasteiger partial charge is 0.356 e. The minimum absolute atomic E-state index is 0.391. The first kappa shape index (κ1) is 8.52. The summed E-state index contributed by atoms with van der Waals surface area (Å²) in [6, 6.07) is 0. The largest absolute Gasteiger partial charge is 0.464 e. The van der Waals surface area contributed by atoms with Crippen molar-refractivity contribution in [2.75, 3.05) is 7.11 Å². The molecule has 1 heterocycles. The first-order valence-corrected chi connectivity index (χ1v) is 3.43. The summed E-state index contributed by atoms with van der Waals surface area (Å²) in [7, 11) is 3.07. The lowest BCUT2D eigenvalue weighted by Gasteiger charge is -2.00. The maximum atomic E-state index is 11.0. The van der Waals surface area contributed by atoms with Crippen molar-refractivity contribution in [3.63, 3.8) is 0 Å². The number of aromatic nitrogens is 2. The minimum Gasteiger partial charge on any atom is -0.464 e. The Hall–Kier alpha value is -1.58. The molecule has 0 aliphatic heterocycles. The van der Waals surface area contributed by atoms with Gasteiger partial charge in [0.1, 0.15) is 11.5 Å². The van der Waals surface area contributed by atoms with Crippen LogP contribution in [0.1, 0.15) is 16.3 Å². The van der Waals surface area contributed by atoms with E-state index >= 15 is 0 Å². The van der Waals surface area contributed by atoms with Crippen LogP contribution in [0.4, 0.5) is 0 Å². The van der Waals surface area contributed by atoms with Crippen molar-refractivity contribution < 1.29 is 9.53 Å². The summed E-state index contributed by atoms with van der Waals surface area (Å²) in [4.78, 5) is 15.0. The molecule has 0 saturated carbocycles. The fourth-order valence-corrected chi connectivity index (χ4v) is 0.908. The summed E-state index contributed by atoms with van der Waals surface area (Å²) >= 11 is 0. The molecule has 64 valence electrons. The zero-order valence-electron chi connectivity index (χ0n) is 7.07. The molecule has 0 amide bonds. The SMILES string of the molecule is C=Cc1ncc(C(=O)OC)n1C. The van der Waals surface area contributed by atoms with Gasteiger partial charge in [0.15, 0.2) is 0 Å². The van der Waals surface area contributed by atoms with Crippen molar-refractivity contribution in [2.45, 2.75) is 0 Å². The van der Waals surface area contributed by atoms with Gasteiger partial charge in [0.05, 0.1) is 13.3 Å². The van der Waals surface area contributed by atoms with Gasteiger partial charge in [-0.05, 0) is 6.08 Å². The number of carbonyl (C=O) groups excluding carboxylic acids is 1. The van der Waals surface area contributed by atoms with Crippen LogP contribution in [-0.2, 0) is 11.8 Å². The molecule has 0 radical (unpaired) electrons. The average Bonchev–Trinajstić information content (AvgIpc) is 2.45. The molecule has 0 fully saturated rings. The lowest BCUT2D eigenvalue weighted by Crippen LogP contribution is -2.07. The maximum Gasteiger partial charge on any atom is 0.356 e. The molecule has 12 heavy (non-hydrogen) atoms. The molecule has 0 atom stereocenters. The molecule has 0 saturated heterocycles. The number of esters is 1. The van der Waals surface area contributed by atoms with Crippen LogP contribution in [0.2, 0.25) is 0 Å². The Balaban J connectivity index is 3.10. The molecule has 4 heteroatoms. The van der Waals surface area contributed by atoms with E-state index in [1.165, 1.54) is 13.3 Å². The average molecular weight is 166 g/mol. The number of ether oxygens (including phenoxy) is 1. The Kier molecular flexibility index (Phi) is 2.28. The van der Waals surface area contributed by atoms with E-state index in [4.69, 9.17) is 0 Å². The van der Waals surface area contributed by atoms with Crippen LogP contribution in [0, 0.1) is 0 Å². The molecule has 4 nitrogen and oxygen atoms in total. The third kappa shape index (κ3) is 1.23. The lowest BCUT2D eigenvalue weighted by molar-refractivity contribution is 0.0590. The number of nitrogens with zero attached hydrogens (tertiary/aromatic N) is 2. The van der Waals surface area contributed by atoms with Crippen LogP contribution >= 0.6 is 0 Å². The second-order valence-corrected chi connectivity index (χ2v) is 2.26. The van der Waals surface area contributed by atoms with Crippen LogP contribution < -0.4 is 0 Å². The van der Waals surface area contributed by atoms with Gasteiger partial charge in [0.2, 0.25) is 0 Å². The fourth-order valence-electron chi connectivity index (χ4n) is 0.908. The summed E-state index contributed by atoms with van der Waals surface area (Å²) in [6.07, 6.45) is 3.04. The summed E-state index contributed by atoms with van der Waals surface area (Å²) in [5.41, 5.74) is 0.424. The van der Waals surface area contributed by atoms with Crippen molar-refractivity contribution in [3.8, 4) is 0 Å². The maximum absolute atomic E-state index is 11.0. The van der Waals surface area contributed by atoms with Crippen LogP contribution in [0.3, 0.4) is 0 Å². The van der Waals surface area contributed by atoms with E-state index in [0.717, 1.165) is 0 Å². The number of imidazole rings is 1. The van der Waals surface area contributed by atoms with Crippen molar-refractivity contribution in [1.82, 2.24) is 9.55 Å². The van der Waals surface area contributed by atoms with Gasteiger partial charge in [-0.3, -0.25) is 0 Å². The zero-order chi connectivity index (χ0) is 9.14. The highest BCUT2D eigenvalue weighted by Gasteiger charge is 2.11. The third-order valence-electron chi connectivity index (χ3n) is 1.60. The molecule has 0 aliphatic carbocycles. The van der Waals surface area contributed by atoms with E-state index in [1.807, 2.05) is 0 Å². The van der Waals surface area contributed by atoms with E-state index in [9.17, 15) is 4.79 Å². The van der Waals surface area contributed by atoms with E-state index in [-0.39, 0.29) is 0 Å². The first-order chi connectivity index (χ1) is 5.70. The molecule has 1 aromatic heterocycles. The second kappa shape index (κ2) is 3.21. The van der Waals surface area contributed by atoms with Gasteiger partial charge in [0, 0.05) is 7.05 Å². The van der Waals surface area contributed by atoms with Gasteiger partial charge in [-0.15, -0.1) is 0 Å². The minimum atomic E-state index is -0.391. The molecular weight excluding hydrogens is 156 g/mol. The summed E-state index contributed by atoms with van der Waals surface area (Å²) in [5.74, 6) is 0.258. The van der Waals surface area contributed by atoms with E-state index in [1.54, 1.807) is 17.7 Å². The Bertz CT molecular complexity index is 315. The predicted molar refractivity (Wildman–Crippen MR) is 44.6 cm³/mol. The third-order valence-corrected chi connectivity index (χ3v) is 1.60. The zero-order valence-corrected chi connectivity index (χ0v) is 7.07. The summed E-state index contributed by atoms with van der Waals surface area (Å²) in [6.45, 7) is 3.55. The van der Waals surface area contributed by atoms with E-state index in [0.29, 0.717) is 11.5 Å². The summed E-state index contributed by atoms with van der Waals surface area (Å²) < 4.78 is 6.16. The van der Waals surface area contributed by atoms with Gasteiger partial charge in [-0.1, -0.05) is 6.58 Å². The van der Waals surface area contributed by atoms with Crippen LogP contribution in [0.5, 0.6) is 0 Å². The number of rotatable bonds is 2. The van der Waals surface area contributed by atoms with Crippen LogP contribution in [0.25, 0.3) is 6.08 Å². The van der Waals surface area contributed by atoms with Crippen molar-refractivity contribution in [2.24, 2.45) is 7.05 Å². The van der Waals surface area contributed by atoms with E-state index < -0.39 is 5.97 Å². The Morgan fingerprint density at radius 3 is 2.92 bits per heavy atom. The van der Waals surface area contributed by atoms with Gasteiger partial charge < -0.3 is 9.30 Å². The molecular formula is C8H10N2O2. The van der Waals surface area contributed by atoms with Gasteiger partial charge >= 0.3 is 5.97 Å². The highest BCUT2D eigenvalue weighted by Crippen LogP contribution is 2.04. The van der Waals surface area contributed by atoms with Gasteiger partial charge in [-0.25, -0.2) is 9.78 Å². The highest BCUT2D eigenvalue weighted by atomic mass is 16.5. The van der Waals surface area contributed by atoms with E-state index in [2.05, 4.69) is 16.3 Å². The molecule has 0 aliphatic rings. The summed E-state index contributed by atoms with van der Waals surface area (Å²) in [5, 5.41) is 0. The van der Waals surface area contributed by atoms with Gasteiger partial charge in [0.25, 0.3) is 0 Å². The fraction of sp³-hybridized carbons (Fsp3) is 0.250. The molecule has 0 unspecified atom stereocenters. The quantitative estimate of drug-likeness (QED) is 0.612.